The highest BCUT2D eigenvalue weighted by atomic mass is 35.5. The molecular formula is C23H19ClF2N4O4S2. The Bertz CT molecular complexity index is 1550. The van der Waals surface area contributed by atoms with Gasteiger partial charge in [0.05, 0.1) is 33.8 Å². The van der Waals surface area contributed by atoms with Gasteiger partial charge >= 0.3 is 0 Å². The van der Waals surface area contributed by atoms with Gasteiger partial charge in [0.2, 0.25) is 10.0 Å². The fraction of sp³-hybridized carbons (Fsp3) is 0.174. The maximum atomic E-state index is 15.2. The van der Waals surface area contributed by atoms with Gasteiger partial charge in [0.15, 0.2) is 5.82 Å². The predicted molar refractivity (Wildman–Crippen MR) is 135 cm³/mol. The lowest BCUT2D eigenvalue weighted by atomic mass is 10.1. The van der Waals surface area contributed by atoms with Crippen LogP contribution in [0.5, 0.6) is 5.75 Å². The van der Waals surface area contributed by atoms with Crippen molar-refractivity contribution in [1.29, 1.82) is 0 Å². The Hall–Kier alpha value is -3.35. The van der Waals surface area contributed by atoms with E-state index in [4.69, 9.17) is 16.3 Å². The Morgan fingerprint density at radius 3 is 2.58 bits per heavy atom. The summed E-state index contributed by atoms with van der Waals surface area (Å²) < 4.78 is 63.0. The van der Waals surface area contributed by atoms with E-state index in [2.05, 4.69) is 20.0 Å². The molecule has 0 saturated heterocycles. The van der Waals surface area contributed by atoms with Crippen molar-refractivity contribution in [2.24, 2.45) is 0 Å². The van der Waals surface area contributed by atoms with Gasteiger partial charge in [-0.2, -0.15) is 0 Å². The van der Waals surface area contributed by atoms with Crippen LogP contribution in [0.25, 0.3) is 10.2 Å². The van der Waals surface area contributed by atoms with Crippen LogP contribution in [0, 0.1) is 11.6 Å². The van der Waals surface area contributed by atoms with Crippen LogP contribution < -0.4 is 14.8 Å². The number of nitrogens with zero attached hydrogens (tertiary/aromatic N) is 2. The number of halogens is 3. The number of rotatable bonds is 8. The second-order valence-electron chi connectivity index (χ2n) is 7.74. The van der Waals surface area contributed by atoms with Crippen molar-refractivity contribution < 1.29 is 26.7 Å². The lowest BCUT2D eigenvalue weighted by Gasteiger charge is -2.17. The van der Waals surface area contributed by atoms with Crippen LogP contribution in [-0.2, 0) is 16.4 Å². The number of carbonyl (C=O) groups is 1. The molecule has 1 atom stereocenters. The minimum absolute atomic E-state index is 0.0391. The third kappa shape index (κ3) is 5.25. The topological polar surface area (TPSA) is 110 Å². The summed E-state index contributed by atoms with van der Waals surface area (Å²) in [7, 11) is -2.55. The molecule has 1 amide bonds. The van der Waals surface area contributed by atoms with Crippen LogP contribution in [0.4, 0.5) is 20.2 Å². The van der Waals surface area contributed by atoms with Gasteiger partial charge in [0.1, 0.15) is 28.7 Å². The lowest BCUT2D eigenvalue weighted by molar-refractivity contribution is 0.102. The quantitative estimate of drug-likeness (QED) is 0.289. The van der Waals surface area contributed by atoms with Gasteiger partial charge < -0.3 is 10.1 Å². The molecule has 0 aliphatic carbocycles. The maximum Gasteiger partial charge on any atom is 0.258 e. The minimum Gasteiger partial charge on any atom is -0.497 e. The van der Waals surface area contributed by atoms with E-state index in [0.717, 1.165) is 35.4 Å². The summed E-state index contributed by atoms with van der Waals surface area (Å²) in [6, 6.07) is 8.66. The summed E-state index contributed by atoms with van der Waals surface area (Å²) in [5.41, 5.74) is -0.316. The molecule has 0 aliphatic heterocycles. The number of aromatic nitrogens is 2. The number of carbonyl (C=O) groups excluding carboxylic acids is 1. The van der Waals surface area contributed by atoms with Gasteiger partial charge in [-0.1, -0.05) is 23.7 Å². The molecule has 0 saturated carbocycles. The zero-order valence-corrected chi connectivity index (χ0v) is 21.3. The average molecular weight is 553 g/mol. The molecule has 0 fully saturated rings. The third-order valence-electron chi connectivity index (χ3n) is 5.35. The molecule has 8 nitrogen and oxygen atoms in total. The molecule has 0 spiro atoms. The fourth-order valence-electron chi connectivity index (χ4n) is 3.37. The number of methoxy groups -OCH3 is 1. The molecule has 13 heteroatoms. The van der Waals surface area contributed by atoms with Gasteiger partial charge in [-0.05, 0) is 43.2 Å². The van der Waals surface area contributed by atoms with Crippen LogP contribution in [0.15, 0.2) is 48.1 Å². The molecule has 4 rings (SSSR count). The summed E-state index contributed by atoms with van der Waals surface area (Å²) in [5.74, 6) is -2.57. The highest BCUT2D eigenvalue weighted by Gasteiger charge is 2.25. The van der Waals surface area contributed by atoms with Crippen LogP contribution in [0.3, 0.4) is 0 Å². The van der Waals surface area contributed by atoms with Crippen molar-refractivity contribution in [3.63, 3.8) is 0 Å². The monoisotopic (exact) mass is 552 g/mol. The van der Waals surface area contributed by atoms with Crippen molar-refractivity contribution >= 4 is 60.5 Å². The van der Waals surface area contributed by atoms with Crippen LogP contribution in [0.2, 0.25) is 5.15 Å². The first-order valence-electron chi connectivity index (χ1n) is 10.4. The summed E-state index contributed by atoms with van der Waals surface area (Å²) in [5, 5.41) is 2.79. The second kappa shape index (κ2) is 10.3. The number of thiophene rings is 1. The molecule has 2 heterocycles. The zero-order valence-electron chi connectivity index (χ0n) is 18.9. The van der Waals surface area contributed by atoms with Crippen molar-refractivity contribution in [2.45, 2.75) is 18.6 Å². The first-order valence-corrected chi connectivity index (χ1v) is 13.2. The average Bonchev–Trinajstić information content (AvgIpc) is 3.29. The van der Waals surface area contributed by atoms with Crippen molar-refractivity contribution in [3.05, 3.63) is 76.0 Å². The summed E-state index contributed by atoms with van der Waals surface area (Å²) in [6.45, 7) is 1.46. The Balaban J connectivity index is 1.55. The first kappa shape index (κ1) is 25.7. The molecule has 2 aromatic carbocycles. The lowest BCUT2D eigenvalue weighted by Crippen LogP contribution is -2.28. The number of hydrogen-bond donors (Lipinski definition) is 2. The standard InChI is InChI=1S/C23H19ClF2N4O4S2/c1-12(9-13-3-5-14(34-2)6-4-13)36(32,33)30-17-8-7-16(25)20(18(17)26)29-23(31)15-10-35-21-19(15)27-11-28-22(21)24/h3-8,10-12,30H,9H2,1-2H3,(H,29,31). The van der Waals surface area contributed by atoms with E-state index in [0.29, 0.717) is 10.4 Å². The summed E-state index contributed by atoms with van der Waals surface area (Å²) in [6.07, 6.45) is 1.30. The van der Waals surface area contributed by atoms with E-state index in [1.54, 1.807) is 24.3 Å². The molecular weight excluding hydrogens is 534 g/mol. The molecule has 1 unspecified atom stereocenters. The largest absolute Gasteiger partial charge is 0.497 e. The van der Waals surface area contributed by atoms with Gasteiger partial charge in [0.25, 0.3) is 5.91 Å². The molecule has 0 aliphatic rings. The van der Waals surface area contributed by atoms with Gasteiger partial charge in [-0.3, -0.25) is 9.52 Å². The van der Waals surface area contributed by atoms with Crippen LogP contribution >= 0.6 is 22.9 Å². The van der Waals surface area contributed by atoms with Gasteiger partial charge in [-0.25, -0.2) is 27.2 Å². The van der Waals surface area contributed by atoms with Crippen LogP contribution in [-0.4, -0.2) is 36.7 Å². The number of ether oxygens (including phenoxy) is 1. The van der Waals surface area contributed by atoms with Gasteiger partial charge in [-0.15, -0.1) is 11.3 Å². The predicted octanol–water partition coefficient (Wildman–Crippen LogP) is 5.26. The summed E-state index contributed by atoms with van der Waals surface area (Å²) >= 11 is 7.10. The number of hydrogen-bond acceptors (Lipinski definition) is 7. The molecule has 36 heavy (non-hydrogen) atoms. The van der Waals surface area contributed by atoms with E-state index < -0.39 is 44.2 Å². The Morgan fingerprint density at radius 1 is 1.17 bits per heavy atom. The number of amides is 1. The second-order valence-corrected chi connectivity index (χ2v) is 11.1. The number of anilines is 2. The molecule has 0 bridgehead atoms. The van der Waals surface area contributed by atoms with Crippen molar-refractivity contribution in [1.82, 2.24) is 9.97 Å². The minimum atomic E-state index is -4.07. The Morgan fingerprint density at radius 2 is 1.89 bits per heavy atom. The third-order valence-corrected chi connectivity index (χ3v) is 8.45. The molecule has 2 aromatic heterocycles. The van der Waals surface area contributed by atoms with Crippen molar-refractivity contribution in [2.75, 3.05) is 17.1 Å². The zero-order chi connectivity index (χ0) is 26.0. The highest BCUT2D eigenvalue weighted by Crippen LogP contribution is 2.31. The SMILES string of the molecule is COc1ccc(CC(C)S(=O)(=O)Nc2ccc(F)c(NC(=O)c3csc4c(Cl)ncnc34)c2F)cc1. The van der Waals surface area contributed by atoms with E-state index in [1.165, 1.54) is 19.4 Å². The van der Waals surface area contributed by atoms with E-state index in [1.807, 2.05) is 0 Å². The number of sulfonamides is 1. The number of nitrogens with one attached hydrogen (secondary N) is 2. The smallest absolute Gasteiger partial charge is 0.258 e. The fourth-order valence-corrected chi connectivity index (χ4v) is 5.59. The number of benzene rings is 2. The van der Waals surface area contributed by atoms with Crippen LogP contribution in [0.1, 0.15) is 22.8 Å². The highest BCUT2D eigenvalue weighted by molar-refractivity contribution is 7.93. The normalized spacial score (nSPS) is 12.4. The van der Waals surface area contributed by atoms with Gasteiger partial charge in [0, 0.05) is 5.38 Å². The summed E-state index contributed by atoms with van der Waals surface area (Å²) in [4.78, 5) is 20.6. The van der Waals surface area contributed by atoms with E-state index >= 15 is 4.39 Å². The Kier molecular flexibility index (Phi) is 7.38. The van der Waals surface area contributed by atoms with Crippen molar-refractivity contribution in [3.8, 4) is 5.75 Å². The molecule has 188 valence electrons. The maximum absolute atomic E-state index is 15.2. The Labute approximate surface area is 214 Å². The molecule has 0 radical (unpaired) electrons. The first-order chi connectivity index (χ1) is 17.1. The van der Waals surface area contributed by atoms with E-state index in [-0.39, 0.29) is 22.7 Å². The number of fused-ring (bicyclic) bond motifs is 1. The van der Waals surface area contributed by atoms with E-state index in [9.17, 15) is 17.6 Å². The molecule has 4 aromatic rings. The molecule has 2 N–H and O–H groups in total.